The summed E-state index contributed by atoms with van der Waals surface area (Å²) in [4.78, 5) is 10.6. The van der Waals surface area contributed by atoms with Crippen molar-refractivity contribution in [2.45, 2.75) is 19.4 Å². The summed E-state index contributed by atoms with van der Waals surface area (Å²) >= 11 is 3.19. The Balaban J connectivity index is 2.24. The lowest BCUT2D eigenvalue weighted by Crippen LogP contribution is -2.09. The van der Waals surface area contributed by atoms with E-state index in [1.54, 1.807) is 12.1 Å². The fourth-order valence-corrected chi connectivity index (χ4v) is 2.44. The van der Waals surface area contributed by atoms with Crippen molar-refractivity contribution in [3.05, 3.63) is 68.7 Å². The zero-order valence-electron chi connectivity index (χ0n) is 11.0. The second-order valence-corrected chi connectivity index (χ2v) is 5.29. The molecule has 4 nitrogen and oxygen atoms in total. The van der Waals surface area contributed by atoms with Gasteiger partial charge in [0.1, 0.15) is 0 Å². The summed E-state index contributed by atoms with van der Waals surface area (Å²) in [5, 5.41) is 14.3. The molecule has 0 fully saturated rings. The highest BCUT2D eigenvalue weighted by Gasteiger charge is 2.14. The molecule has 2 aromatic rings. The number of hydrogen-bond acceptors (Lipinski definition) is 3. The van der Waals surface area contributed by atoms with E-state index < -0.39 is 4.92 Å². The van der Waals surface area contributed by atoms with Crippen LogP contribution in [0.5, 0.6) is 0 Å². The van der Waals surface area contributed by atoms with Crippen LogP contribution in [-0.4, -0.2) is 4.92 Å². The number of nitro benzene ring substituents is 1. The lowest BCUT2D eigenvalue weighted by atomic mass is 10.0. The minimum atomic E-state index is -0.390. The Morgan fingerprint density at radius 3 is 2.55 bits per heavy atom. The predicted molar refractivity (Wildman–Crippen MR) is 83.9 cm³/mol. The van der Waals surface area contributed by atoms with Crippen molar-refractivity contribution in [1.82, 2.24) is 0 Å². The zero-order valence-corrected chi connectivity index (χ0v) is 12.6. The Bertz CT molecular complexity index is 602. The van der Waals surface area contributed by atoms with Crippen molar-refractivity contribution in [1.29, 1.82) is 0 Å². The van der Waals surface area contributed by atoms with E-state index in [0.29, 0.717) is 4.47 Å². The molecule has 1 atom stereocenters. The van der Waals surface area contributed by atoms with Gasteiger partial charge in [-0.15, -0.1) is 0 Å². The average Bonchev–Trinajstić information content (AvgIpc) is 2.47. The number of rotatable bonds is 5. The Kier molecular flexibility index (Phi) is 4.74. The van der Waals surface area contributed by atoms with Crippen molar-refractivity contribution in [3.8, 4) is 0 Å². The fourth-order valence-electron chi connectivity index (χ4n) is 2.05. The maximum Gasteiger partial charge on any atom is 0.285 e. The zero-order chi connectivity index (χ0) is 14.5. The van der Waals surface area contributed by atoms with Gasteiger partial charge in [0, 0.05) is 11.8 Å². The fraction of sp³-hybridized carbons (Fsp3) is 0.200. The molecule has 1 unspecified atom stereocenters. The SMILES string of the molecule is CCC(Nc1ccc(Br)c([N+](=O)[O-])c1)c1ccccc1. The van der Waals surface area contributed by atoms with Crippen LogP contribution in [0.1, 0.15) is 24.9 Å². The third-order valence-electron chi connectivity index (χ3n) is 3.09. The molecule has 0 radical (unpaired) electrons. The largest absolute Gasteiger partial charge is 0.378 e. The van der Waals surface area contributed by atoms with Gasteiger partial charge in [0.25, 0.3) is 5.69 Å². The lowest BCUT2D eigenvalue weighted by Gasteiger charge is -2.18. The Hall–Kier alpha value is -1.88. The van der Waals surface area contributed by atoms with Crippen molar-refractivity contribution < 1.29 is 4.92 Å². The number of nitrogens with zero attached hydrogens (tertiary/aromatic N) is 1. The normalized spacial score (nSPS) is 11.9. The quantitative estimate of drug-likeness (QED) is 0.623. The van der Waals surface area contributed by atoms with E-state index in [1.165, 1.54) is 5.56 Å². The molecular weight excluding hydrogens is 320 g/mol. The Morgan fingerprint density at radius 2 is 1.95 bits per heavy atom. The molecule has 0 aliphatic rings. The van der Waals surface area contributed by atoms with Gasteiger partial charge in [-0.2, -0.15) is 0 Å². The molecule has 2 rings (SSSR count). The highest BCUT2D eigenvalue weighted by molar-refractivity contribution is 9.10. The van der Waals surface area contributed by atoms with Gasteiger partial charge in [-0.3, -0.25) is 10.1 Å². The van der Waals surface area contributed by atoms with Gasteiger partial charge in [0.2, 0.25) is 0 Å². The molecule has 2 aromatic carbocycles. The van der Waals surface area contributed by atoms with Crippen LogP contribution in [0.25, 0.3) is 0 Å². The number of halogens is 1. The van der Waals surface area contributed by atoms with Gasteiger partial charge in [-0.1, -0.05) is 37.3 Å². The molecule has 0 saturated heterocycles. The van der Waals surface area contributed by atoms with Crippen LogP contribution in [0.3, 0.4) is 0 Å². The van der Waals surface area contributed by atoms with Crippen LogP contribution >= 0.6 is 15.9 Å². The molecule has 1 N–H and O–H groups in total. The molecule has 0 heterocycles. The van der Waals surface area contributed by atoms with Gasteiger partial charge in [-0.05, 0) is 40.0 Å². The van der Waals surface area contributed by atoms with E-state index in [1.807, 2.05) is 24.3 Å². The number of hydrogen-bond donors (Lipinski definition) is 1. The average molecular weight is 335 g/mol. The van der Waals surface area contributed by atoms with Crippen LogP contribution in [0, 0.1) is 10.1 Å². The number of anilines is 1. The number of nitrogens with one attached hydrogen (secondary N) is 1. The maximum absolute atomic E-state index is 10.9. The third kappa shape index (κ3) is 3.36. The van der Waals surface area contributed by atoms with E-state index in [4.69, 9.17) is 0 Å². The first-order valence-electron chi connectivity index (χ1n) is 6.37. The first-order chi connectivity index (χ1) is 9.61. The summed E-state index contributed by atoms with van der Waals surface area (Å²) in [6.07, 6.45) is 0.897. The summed E-state index contributed by atoms with van der Waals surface area (Å²) in [6, 6.07) is 15.3. The van der Waals surface area contributed by atoms with Gasteiger partial charge in [0.15, 0.2) is 0 Å². The third-order valence-corrected chi connectivity index (χ3v) is 3.76. The molecule has 5 heteroatoms. The van der Waals surface area contributed by atoms with E-state index in [-0.39, 0.29) is 11.7 Å². The van der Waals surface area contributed by atoms with Gasteiger partial charge in [0.05, 0.1) is 15.4 Å². The van der Waals surface area contributed by atoms with Crippen LogP contribution in [0.4, 0.5) is 11.4 Å². The molecule has 20 heavy (non-hydrogen) atoms. The first kappa shape index (κ1) is 14.5. The summed E-state index contributed by atoms with van der Waals surface area (Å²) in [7, 11) is 0. The standard InChI is InChI=1S/C15H15BrN2O2/c1-2-14(11-6-4-3-5-7-11)17-12-8-9-13(16)15(10-12)18(19)20/h3-10,14,17H,2H2,1H3. The van der Waals surface area contributed by atoms with E-state index in [0.717, 1.165) is 12.1 Å². The molecule has 0 aromatic heterocycles. The molecule has 0 spiro atoms. The smallest absolute Gasteiger partial charge is 0.285 e. The van der Waals surface area contributed by atoms with Crippen molar-refractivity contribution in [3.63, 3.8) is 0 Å². The van der Waals surface area contributed by atoms with Crippen molar-refractivity contribution in [2.75, 3.05) is 5.32 Å². The first-order valence-corrected chi connectivity index (χ1v) is 7.16. The highest BCUT2D eigenvalue weighted by Crippen LogP contribution is 2.30. The van der Waals surface area contributed by atoms with E-state index in [2.05, 4.69) is 40.3 Å². The second kappa shape index (κ2) is 6.52. The van der Waals surface area contributed by atoms with Gasteiger partial charge >= 0.3 is 0 Å². The van der Waals surface area contributed by atoms with Gasteiger partial charge in [-0.25, -0.2) is 0 Å². The van der Waals surface area contributed by atoms with Gasteiger partial charge < -0.3 is 5.32 Å². The predicted octanol–water partition coefficient (Wildman–Crippen LogP) is 4.92. The van der Waals surface area contributed by atoms with Crippen molar-refractivity contribution in [2.24, 2.45) is 0 Å². The lowest BCUT2D eigenvalue weighted by molar-refractivity contribution is -0.385. The van der Waals surface area contributed by atoms with E-state index >= 15 is 0 Å². The molecular formula is C15H15BrN2O2. The topological polar surface area (TPSA) is 55.2 Å². The molecule has 0 bridgehead atoms. The van der Waals surface area contributed by atoms with Crippen LogP contribution in [0.15, 0.2) is 53.0 Å². The van der Waals surface area contributed by atoms with Crippen LogP contribution < -0.4 is 5.32 Å². The van der Waals surface area contributed by atoms with Crippen LogP contribution in [-0.2, 0) is 0 Å². The monoisotopic (exact) mass is 334 g/mol. The molecule has 0 saturated carbocycles. The second-order valence-electron chi connectivity index (χ2n) is 4.44. The summed E-state index contributed by atoms with van der Waals surface area (Å²) < 4.78 is 0.487. The minimum Gasteiger partial charge on any atom is -0.378 e. The van der Waals surface area contributed by atoms with Crippen molar-refractivity contribution >= 4 is 27.3 Å². The summed E-state index contributed by atoms with van der Waals surface area (Å²) in [6.45, 7) is 2.08. The Morgan fingerprint density at radius 1 is 1.25 bits per heavy atom. The number of benzene rings is 2. The van der Waals surface area contributed by atoms with Crippen LogP contribution in [0.2, 0.25) is 0 Å². The highest BCUT2D eigenvalue weighted by atomic mass is 79.9. The van der Waals surface area contributed by atoms with E-state index in [9.17, 15) is 10.1 Å². The molecule has 104 valence electrons. The summed E-state index contributed by atoms with van der Waals surface area (Å²) in [5.41, 5.74) is 1.98. The summed E-state index contributed by atoms with van der Waals surface area (Å²) in [5.74, 6) is 0. The Labute approximate surface area is 126 Å². The molecule has 0 aliphatic heterocycles. The molecule has 0 aliphatic carbocycles. The minimum absolute atomic E-state index is 0.0675. The molecule has 0 amide bonds. The number of nitro groups is 1. The maximum atomic E-state index is 10.9.